The summed E-state index contributed by atoms with van der Waals surface area (Å²) in [6.07, 6.45) is 0. The Morgan fingerprint density at radius 2 is 2.00 bits per heavy atom. The van der Waals surface area contributed by atoms with Crippen LogP contribution in [0, 0.1) is 11.7 Å². The average Bonchev–Trinajstić information content (AvgIpc) is 2.64. The second-order valence-electron chi connectivity index (χ2n) is 5.32. The lowest BCUT2D eigenvalue weighted by Crippen LogP contribution is -2.22. The number of aromatic nitrogens is 3. The fraction of sp³-hybridized carbons (Fsp3) is 0.385. The molecular weight excluding hydrogens is 266 g/mol. The highest BCUT2D eigenvalue weighted by Crippen LogP contribution is 2.27. The fourth-order valence-electron chi connectivity index (χ4n) is 1.84. The fourth-order valence-corrected chi connectivity index (χ4v) is 2.43. The van der Waals surface area contributed by atoms with Crippen LogP contribution in [-0.2, 0) is 5.54 Å². The molecule has 2 rings (SSSR count). The van der Waals surface area contributed by atoms with E-state index >= 15 is 0 Å². The van der Waals surface area contributed by atoms with Gasteiger partial charge in [0.1, 0.15) is 0 Å². The van der Waals surface area contributed by atoms with Gasteiger partial charge in [0.05, 0.1) is 0 Å². The van der Waals surface area contributed by atoms with Gasteiger partial charge >= 0.3 is 0 Å². The van der Waals surface area contributed by atoms with Crippen LogP contribution in [-0.4, -0.2) is 14.8 Å². The lowest BCUT2D eigenvalue weighted by Gasteiger charge is -2.22. The van der Waals surface area contributed by atoms with E-state index in [4.69, 9.17) is 23.8 Å². The van der Waals surface area contributed by atoms with Crippen LogP contribution in [0.15, 0.2) is 18.2 Å². The summed E-state index contributed by atoms with van der Waals surface area (Å²) in [5.74, 6) is 0.814. The van der Waals surface area contributed by atoms with Crippen LogP contribution < -0.4 is 0 Å². The maximum Gasteiger partial charge on any atom is 0.195 e. The maximum absolute atomic E-state index is 6.16. The van der Waals surface area contributed by atoms with Crippen LogP contribution in [0.5, 0.6) is 0 Å². The van der Waals surface area contributed by atoms with Crippen molar-refractivity contribution < 1.29 is 0 Å². The second-order valence-corrected chi connectivity index (χ2v) is 6.12. The number of H-pyrrole nitrogens is 1. The molecule has 1 aromatic carbocycles. The summed E-state index contributed by atoms with van der Waals surface area (Å²) >= 11 is 11.5. The number of hydrogen-bond acceptors (Lipinski definition) is 2. The number of benzene rings is 1. The van der Waals surface area contributed by atoms with Crippen molar-refractivity contribution in [3.8, 4) is 11.4 Å². The largest absolute Gasteiger partial charge is 0.295 e. The summed E-state index contributed by atoms with van der Waals surface area (Å²) in [6.45, 7) is 8.26. The van der Waals surface area contributed by atoms with Crippen molar-refractivity contribution in [3.63, 3.8) is 0 Å². The zero-order valence-electron chi connectivity index (χ0n) is 10.9. The molecule has 1 aromatic heterocycles. The predicted octanol–water partition coefficient (Wildman–Crippen LogP) is 4.32. The van der Waals surface area contributed by atoms with E-state index in [2.05, 4.69) is 31.0 Å². The summed E-state index contributed by atoms with van der Waals surface area (Å²) in [4.78, 5) is 0. The van der Waals surface area contributed by atoms with Gasteiger partial charge in [-0.2, -0.15) is 5.10 Å². The predicted molar refractivity (Wildman–Crippen MR) is 77.6 cm³/mol. The molecule has 0 spiro atoms. The maximum atomic E-state index is 6.16. The number of aryl methyl sites for hydroxylation is 1. The van der Waals surface area contributed by atoms with Crippen LogP contribution >= 0.6 is 23.8 Å². The molecular formula is C13H16ClN3S. The highest BCUT2D eigenvalue weighted by Gasteiger charge is 2.20. The van der Waals surface area contributed by atoms with E-state index in [-0.39, 0.29) is 5.54 Å². The van der Waals surface area contributed by atoms with E-state index in [1.165, 1.54) is 0 Å². The van der Waals surface area contributed by atoms with Crippen LogP contribution in [0.2, 0.25) is 5.02 Å². The molecule has 18 heavy (non-hydrogen) atoms. The van der Waals surface area contributed by atoms with Crippen molar-refractivity contribution in [2.24, 2.45) is 0 Å². The van der Waals surface area contributed by atoms with E-state index in [1.54, 1.807) is 0 Å². The number of nitrogens with zero attached hydrogens (tertiary/aromatic N) is 2. The van der Waals surface area contributed by atoms with E-state index in [0.717, 1.165) is 22.0 Å². The SMILES string of the molecule is Cc1ccc(-c2n[nH]c(=S)n2C(C)(C)C)cc1Cl. The molecule has 0 aliphatic carbocycles. The highest BCUT2D eigenvalue weighted by molar-refractivity contribution is 7.71. The molecule has 96 valence electrons. The Kier molecular flexibility index (Phi) is 3.34. The number of nitrogens with one attached hydrogen (secondary N) is 1. The molecule has 0 bridgehead atoms. The van der Waals surface area contributed by atoms with Crippen molar-refractivity contribution in [2.75, 3.05) is 0 Å². The summed E-state index contributed by atoms with van der Waals surface area (Å²) in [5.41, 5.74) is 1.89. The third kappa shape index (κ3) is 2.35. The first-order valence-electron chi connectivity index (χ1n) is 5.75. The first-order chi connectivity index (χ1) is 8.30. The van der Waals surface area contributed by atoms with Crippen molar-refractivity contribution in [2.45, 2.75) is 33.2 Å². The van der Waals surface area contributed by atoms with Crippen molar-refractivity contribution in [1.82, 2.24) is 14.8 Å². The Hall–Kier alpha value is -1.13. The molecule has 3 nitrogen and oxygen atoms in total. The molecule has 0 fully saturated rings. The Labute approximate surface area is 117 Å². The van der Waals surface area contributed by atoms with Crippen LogP contribution in [0.1, 0.15) is 26.3 Å². The van der Waals surface area contributed by atoms with Crippen LogP contribution in [0.25, 0.3) is 11.4 Å². The van der Waals surface area contributed by atoms with Gasteiger partial charge in [-0.05, 0) is 51.5 Å². The lowest BCUT2D eigenvalue weighted by molar-refractivity contribution is 0.395. The zero-order valence-corrected chi connectivity index (χ0v) is 12.5. The summed E-state index contributed by atoms with van der Waals surface area (Å²) in [7, 11) is 0. The first kappa shape index (κ1) is 13.3. The van der Waals surface area contributed by atoms with Gasteiger partial charge < -0.3 is 0 Å². The van der Waals surface area contributed by atoms with Gasteiger partial charge in [-0.15, -0.1) is 0 Å². The third-order valence-electron chi connectivity index (χ3n) is 2.77. The van der Waals surface area contributed by atoms with Gasteiger partial charge in [-0.3, -0.25) is 9.67 Å². The number of rotatable bonds is 1. The standard InChI is InChI=1S/C13H16ClN3S/c1-8-5-6-9(7-10(8)14)11-15-16-12(18)17(11)13(2,3)4/h5-7H,1-4H3,(H,16,18). The Bertz CT molecular complexity index is 634. The molecule has 1 heterocycles. The van der Waals surface area contributed by atoms with Gasteiger partial charge in [-0.1, -0.05) is 23.7 Å². The number of halogens is 1. The monoisotopic (exact) mass is 281 g/mol. The minimum Gasteiger partial charge on any atom is -0.295 e. The van der Waals surface area contributed by atoms with E-state index in [0.29, 0.717) is 4.77 Å². The molecule has 0 amide bonds. The molecule has 0 aliphatic rings. The van der Waals surface area contributed by atoms with Crippen molar-refractivity contribution >= 4 is 23.8 Å². The summed E-state index contributed by atoms with van der Waals surface area (Å²) in [5, 5.41) is 7.90. The average molecular weight is 282 g/mol. The molecule has 5 heteroatoms. The molecule has 0 aliphatic heterocycles. The Morgan fingerprint density at radius 3 is 2.56 bits per heavy atom. The Balaban J connectivity index is 2.65. The summed E-state index contributed by atoms with van der Waals surface area (Å²) < 4.78 is 2.62. The molecule has 0 atom stereocenters. The minimum atomic E-state index is -0.128. The summed E-state index contributed by atoms with van der Waals surface area (Å²) in [6, 6.07) is 5.92. The molecule has 0 radical (unpaired) electrons. The van der Waals surface area contributed by atoms with Crippen LogP contribution in [0.4, 0.5) is 0 Å². The van der Waals surface area contributed by atoms with Gasteiger partial charge in [0.2, 0.25) is 0 Å². The van der Waals surface area contributed by atoms with Gasteiger partial charge in [0.15, 0.2) is 10.6 Å². The molecule has 0 unspecified atom stereocenters. The number of aromatic amines is 1. The van der Waals surface area contributed by atoms with Gasteiger partial charge in [-0.25, -0.2) is 0 Å². The van der Waals surface area contributed by atoms with E-state index in [9.17, 15) is 0 Å². The zero-order chi connectivity index (χ0) is 13.5. The van der Waals surface area contributed by atoms with E-state index in [1.807, 2.05) is 29.7 Å². The third-order valence-corrected chi connectivity index (χ3v) is 3.45. The molecule has 0 saturated heterocycles. The normalized spacial score (nSPS) is 11.8. The smallest absolute Gasteiger partial charge is 0.195 e. The van der Waals surface area contributed by atoms with Crippen LogP contribution in [0.3, 0.4) is 0 Å². The lowest BCUT2D eigenvalue weighted by atomic mass is 10.1. The Morgan fingerprint density at radius 1 is 1.33 bits per heavy atom. The minimum absolute atomic E-state index is 0.128. The van der Waals surface area contributed by atoms with E-state index < -0.39 is 0 Å². The highest BCUT2D eigenvalue weighted by atomic mass is 35.5. The topological polar surface area (TPSA) is 33.6 Å². The molecule has 0 saturated carbocycles. The molecule has 1 N–H and O–H groups in total. The number of hydrogen-bond donors (Lipinski definition) is 1. The van der Waals surface area contributed by atoms with Crippen molar-refractivity contribution in [1.29, 1.82) is 0 Å². The first-order valence-corrected chi connectivity index (χ1v) is 6.54. The van der Waals surface area contributed by atoms with Gasteiger partial charge in [0, 0.05) is 16.1 Å². The quantitative estimate of drug-likeness (QED) is 0.790. The van der Waals surface area contributed by atoms with Crippen molar-refractivity contribution in [3.05, 3.63) is 33.6 Å². The van der Waals surface area contributed by atoms with Gasteiger partial charge in [0.25, 0.3) is 0 Å². The molecule has 2 aromatic rings. The second kappa shape index (κ2) is 4.52.